The summed E-state index contributed by atoms with van der Waals surface area (Å²) >= 11 is 3.09. The molecule has 0 amide bonds. The van der Waals surface area contributed by atoms with Crippen molar-refractivity contribution in [3.63, 3.8) is 0 Å². The van der Waals surface area contributed by atoms with Crippen LogP contribution in [0.4, 0.5) is 0 Å². The molecule has 0 unspecified atom stereocenters. The zero-order valence-electron chi connectivity index (χ0n) is 14.1. The molecule has 2 aromatic heterocycles. The Morgan fingerprint density at radius 2 is 2.08 bits per heavy atom. The van der Waals surface area contributed by atoms with Crippen LogP contribution in [0.5, 0.6) is 0 Å². The maximum absolute atomic E-state index is 12.9. The highest BCUT2D eigenvalue weighted by Crippen LogP contribution is 2.29. The molecule has 0 aliphatic rings. The summed E-state index contributed by atoms with van der Waals surface area (Å²) in [5.41, 5.74) is 2.73. The summed E-state index contributed by atoms with van der Waals surface area (Å²) in [6, 6.07) is 9.58. The Labute approximate surface area is 154 Å². The minimum atomic E-state index is -0.00548. The Bertz CT molecular complexity index is 1040. The van der Waals surface area contributed by atoms with E-state index in [2.05, 4.69) is 12.6 Å². The van der Waals surface area contributed by atoms with E-state index in [1.807, 2.05) is 26.0 Å². The molecule has 0 radical (unpaired) electrons. The highest BCUT2D eigenvalue weighted by molar-refractivity contribution is 7.98. The van der Waals surface area contributed by atoms with Crippen LogP contribution in [-0.4, -0.2) is 9.55 Å². The van der Waals surface area contributed by atoms with Crippen molar-refractivity contribution < 1.29 is 0 Å². The first kappa shape index (κ1) is 17.5. The lowest BCUT2D eigenvalue weighted by Gasteiger charge is -2.10. The molecule has 0 atom stereocenters. The van der Waals surface area contributed by atoms with Crippen molar-refractivity contribution in [2.75, 3.05) is 0 Å². The molecule has 4 nitrogen and oxygen atoms in total. The van der Waals surface area contributed by atoms with Crippen molar-refractivity contribution in [1.82, 2.24) is 9.55 Å². The molecule has 0 N–H and O–H groups in total. The maximum Gasteiger partial charge on any atom is 0.263 e. The quantitative estimate of drug-likeness (QED) is 0.380. The standard InChI is InChI=1S/C19H17N3OS2/c1-4-9-22-18(23)16-12(2)13(3)25-17(16)21-19(22)24-11-15-7-5-14(10-20)6-8-15/h4-8H,1,9,11H2,2-3H3. The first-order valence-electron chi connectivity index (χ1n) is 7.78. The molecule has 6 heteroatoms. The van der Waals surface area contributed by atoms with Gasteiger partial charge < -0.3 is 0 Å². The number of aromatic nitrogens is 2. The Morgan fingerprint density at radius 1 is 1.36 bits per heavy atom. The minimum absolute atomic E-state index is 0.00548. The predicted octanol–water partition coefficient (Wildman–Crippen LogP) is 4.42. The lowest BCUT2D eigenvalue weighted by molar-refractivity contribution is 0.672. The van der Waals surface area contributed by atoms with E-state index in [4.69, 9.17) is 10.2 Å². The average Bonchev–Trinajstić information content (AvgIpc) is 2.90. The van der Waals surface area contributed by atoms with Gasteiger partial charge in [0.1, 0.15) is 4.83 Å². The molecule has 3 aromatic rings. The van der Waals surface area contributed by atoms with Crippen LogP contribution >= 0.6 is 23.1 Å². The van der Waals surface area contributed by atoms with Crippen molar-refractivity contribution in [2.45, 2.75) is 31.3 Å². The SMILES string of the molecule is C=CCn1c(SCc2ccc(C#N)cc2)nc2sc(C)c(C)c2c1=O. The Kier molecular flexibility index (Phi) is 5.07. The van der Waals surface area contributed by atoms with E-state index in [9.17, 15) is 4.79 Å². The van der Waals surface area contributed by atoms with E-state index in [0.717, 1.165) is 20.8 Å². The van der Waals surface area contributed by atoms with Gasteiger partial charge in [-0.25, -0.2) is 4.98 Å². The molecule has 0 saturated heterocycles. The summed E-state index contributed by atoms with van der Waals surface area (Å²) in [6.07, 6.45) is 1.72. The zero-order valence-corrected chi connectivity index (χ0v) is 15.7. The lowest BCUT2D eigenvalue weighted by atomic mass is 10.2. The molecule has 0 spiro atoms. The van der Waals surface area contributed by atoms with Crippen LogP contribution in [0.15, 0.2) is 46.9 Å². The third kappa shape index (κ3) is 3.39. The van der Waals surface area contributed by atoms with E-state index in [1.54, 1.807) is 34.1 Å². The number of hydrogen-bond donors (Lipinski definition) is 0. The molecule has 0 saturated carbocycles. The summed E-state index contributed by atoms with van der Waals surface area (Å²) in [5.74, 6) is 0.685. The molecule has 2 heterocycles. The molecule has 0 aliphatic carbocycles. The van der Waals surface area contributed by atoms with E-state index in [0.29, 0.717) is 28.4 Å². The summed E-state index contributed by atoms with van der Waals surface area (Å²) in [6.45, 7) is 8.18. The van der Waals surface area contributed by atoms with Gasteiger partial charge in [0, 0.05) is 17.2 Å². The molecule has 3 rings (SSSR count). The second-order valence-corrected chi connectivity index (χ2v) is 7.81. The van der Waals surface area contributed by atoms with Gasteiger partial charge in [-0.3, -0.25) is 9.36 Å². The number of rotatable bonds is 5. The predicted molar refractivity (Wildman–Crippen MR) is 104 cm³/mol. The minimum Gasteiger partial charge on any atom is -0.283 e. The first-order chi connectivity index (χ1) is 12.0. The number of nitriles is 1. The van der Waals surface area contributed by atoms with Crippen molar-refractivity contribution in [1.29, 1.82) is 5.26 Å². The van der Waals surface area contributed by atoms with Crippen molar-refractivity contribution in [3.8, 4) is 6.07 Å². The largest absolute Gasteiger partial charge is 0.283 e. The Balaban J connectivity index is 1.99. The third-order valence-corrected chi connectivity index (χ3v) is 6.17. The van der Waals surface area contributed by atoms with E-state index >= 15 is 0 Å². The first-order valence-corrected chi connectivity index (χ1v) is 9.58. The van der Waals surface area contributed by atoms with Crippen molar-refractivity contribution in [3.05, 3.63) is 68.8 Å². The topological polar surface area (TPSA) is 58.7 Å². The summed E-state index contributed by atoms with van der Waals surface area (Å²) in [4.78, 5) is 19.5. The molecule has 0 aliphatic heterocycles. The number of allylic oxidation sites excluding steroid dienone is 1. The highest BCUT2D eigenvalue weighted by atomic mass is 32.2. The van der Waals surface area contributed by atoms with Gasteiger partial charge in [0.15, 0.2) is 5.16 Å². The number of hydrogen-bond acceptors (Lipinski definition) is 5. The van der Waals surface area contributed by atoms with Gasteiger partial charge >= 0.3 is 0 Å². The number of nitrogens with zero attached hydrogens (tertiary/aromatic N) is 3. The maximum atomic E-state index is 12.9. The van der Waals surface area contributed by atoms with Gasteiger partial charge in [-0.1, -0.05) is 30.0 Å². The number of thioether (sulfide) groups is 1. The van der Waals surface area contributed by atoms with Crippen LogP contribution in [0.1, 0.15) is 21.6 Å². The number of thiophene rings is 1. The van der Waals surface area contributed by atoms with Crippen LogP contribution < -0.4 is 5.56 Å². The average molecular weight is 367 g/mol. The van der Waals surface area contributed by atoms with Gasteiger partial charge in [0.25, 0.3) is 5.56 Å². The highest BCUT2D eigenvalue weighted by Gasteiger charge is 2.16. The van der Waals surface area contributed by atoms with Crippen LogP contribution in [0, 0.1) is 25.2 Å². The Hall–Kier alpha value is -2.36. The number of fused-ring (bicyclic) bond motifs is 1. The fourth-order valence-corrected chi connectivity index (χ4v) is 4.57. The van der Waals surface area contributed by atoms with Gasteiger partial charge in [-0.05, 0) is 37.1 Å². The molecular formula is C19H17N3OS2. The number of benzene rings is 1. The monoisotopic (exact) mass is 367 g/mol. The van der Waals surface area contributed by atoms with E-state index in [1.165, 1.54) is 11.8 Å². The smallest absolute Gasteiger partial charge is 0.263 e. The van der Waals surface area contributed by atoms with E-state index in [-0.39, 0.29) is 5.56 Å². The van der Waals surface area contributed by atoms with Crippen LogP contribution in [0.2, 0.25) is 0 Å². The normalized spacial score (nSPS) is 10.8. The zero-order chi connectivity index (χ0) is 18.0. The fraction of sp³-hybridized carbons (Fsp3) is 0.211. The van der Waals surface area contributed by atoms with Gasteiger partial charge in [0.05, 0.1) is 17.0 Å². The molecular weight excluding hydrogens is 350 g/mol. The van der Waals surface area contributed by atoms with Gasteiger partial charge in [-0.15, -0.1) is 17.9 Å². The van der Waals surface area contributed by atoms with Crippen molar-refractivity contribution >= 4 is 33.3 Å². The molecule has 1 aromatic carbocycles. The molecule has 0 fully saturated rings. The number of aryl methyl sites for hydroxylation is 2. The molecule has 0 bridgehead atoms. The summed E-state index contributed by atoms with van der Waals surface area (Å²) in [5, 5.41) is 10.3. The second-order valence-electron chi connectivity index (χ2n) is 5.66. The van der Waals surface area contributed by atoms with Crippen LogP contribution in [0.25, 0.3) is 10.2 Å². The van der Waals surface area contributed by atoms with Crippen LogP contribution in [0.3, 0.4) is 0 Å². The third-order valence-electron chi connectivity index (χ3n) is 4.02. The fourth-order valence-electron chi connectivity index (χ4n) is 2.53. The lowest BCUT2D eigenvalue weighted by Crippen LogP contribution is -2.22. The molecule has 126 valence electrons. The summed E-state index contributed by atoms with van der Waals surface area (Å²) < 4.78 is 1.68. The Morgan fingerprint density at radius 3 is 2.72 bits per heavy atom. The van der Waals surface area contributed by atoms with Crippen molar-refractivity contribution in [2.24, 2.45) is 0 Å². The van der Waals surface area contributed by atoms with E-state index < -0.39 is 0 Å². The van der Waals surface area contributed by atoms with Gasteiger partial charge in [-0.2, -0.15) is 5.26 Å². The molecule has 25 heavy (non-hydrogen) atoms. The second kappa shape index (κ2) is 7.26. The summed E-state index contributed by atoms with van der Waals surface area (Å²) in [7, 11) is 0. The van der Waals surface area contributed by atoms with Gasteiger partial charge in [0.2, 0.25) is 0 Å². The van der Waals surface area contributed by atoms with Crippen LogP contribution in [-0.2, 0) is 12.3 Å².